The molecule has 41 heavy (non-hydrogen) atoms. The number of carbonyl (C=O) groups excluding carboxylic acids is 4. The van der Waals surface area contributed by atoms with E-state index < -0.39 is 36.3 Å². The molecule has 4 atom stereocenters. The Morgan fingerprint density at radius 3 is 2.56 bits per heavy atom. The topological polar surface area (TPSA) is 123 Å². The number of cyclic esters (lactones) is 1. The van der Waals surface area contributed by atoms with Crippen LogP contribution in [0.2, 0.25) is 0 Å². The van der Waals surface area contributed by atoms with Crippen molar-refractivity contribution >= 4 is 23.7 Å². The van der Waals surface area contributed by atoms with E-state index in [9.17, 15) is 19.2 Å². The number of rotatable bonds is 11. The molecule has 2 aliphatic rings. The van der Waals surface area contributed by atoms with Gasteiger partial charge < -0.3 is 29.7 Å². The fourth-order valence-electron chi connectivity index (χ4n) is 5.18. The Balaban J connectivity index is 1.35. The second-order valence-electron chi connectivity index (χ2n) is 10.4. The number of likely N-dealkylation sites (tertiary alicyclic amines) is 1. The molecule has 2 aromatic rings. The van der Waals surface area contributed by atoms with Crippen LogP contribution >= 0.6 is 0 Å². The molecule has 218 valence electrons. The molecule has 4 rings (SSSR count). The van der Waals surface area contributed by atoms with Gasteiger partial charge in [0.15, 0.2) is 0 Å². The van der Waals surface area contributed by atoms with E-state index >= 15 is 0 Å². The minimum atomic E-state index is -0.920. The number of benzene rings is 2. The second-order valence-corrected chi connectivity index (χ2v) is 10.4. The molecule has 2 heterocycles. The lowest BCUT2D eigenvalue weighted by atomic mass is 10.0. The molecule has 10 nitrogen and oxygen atoms in total. The molecule has 0 radical (unpaired) electrons. The molecule has 2 aromatic carbocycles. The number of aryl methyl sites for hydroxylation is 2. The first-order chi connectivity index (χ1) is 19.7. The first-order valence-electron chi connectivity index (χ1n) is 13.8. The van der Waals surface area contributed by atoms with Gasteiger partial charge in [0, 0.05) is 12.1 Å². The van der Waals surface area contributed by atoms with Gasteiger partial charge in [-0.15, -0.1) is 0 Å². The van der Waals surface area contributed by atoms with Gasteiger partial charge in [0.25, 0.3) is 5.91 Å². The lowest BCUT2D eigenvalue weighted by Gasteiger charge is -2.28. The molecule has 2 N–H and O–H groups in total. The van der Waals surface area contributed by atoms with Crippen LogP contribution in [0.15, 0.2) is 55.1 Å². The molecule has 0 aromatic heterocycles. The summed E-state index contributed by atoms with van der Waals surface area (Å²) in [6.07, 6.45) is 1.82. The zero-order chi connectivity index (χ0) is 29.5. The largest absolute Gasteiger partial charge is 0.489 e. The van der Waals surface area contributed by atoms with Crippen molar-refractivity contribution in [3.8, 4) is 5.75 Å². The molecule has 2 saturated heterocycles. The number of hydrogen-bond acceptors (Lipinski definition) is 7. The SMILES string of the molecule is C=CCOc1c(C)cc(C(=O)N[C@@H](C)C(=O)N2CCC[C@H]2C(=O)NC2CC(=O)OC2OCc2ccccc2)cc1C. The van der Waals surface area contributed by atoms with Crippen LogP contribution in [0.3, 0.4) is 0 Å². The van der Waals surface area contributed by atoms with E-state index in [1.807, 2.05) is 44.2 Å². The van der Waals surface area contributed by atoms with Crippen molar-refractivity contribution in [2.24, 2.45) is 0 Å². The Morgan fingerprint density at radius 2 is 1.88 bits per heavy atom. The molecule has 0 bridgehead atoms. The van der Waals surface area contributed by atoms with E-state index in [0.717, 1.165) is 16.7 Å². The van der Waals surface area contributed by atoms with Crippen LogP contribution in [0, 0.1) is 13.8 Å². The van der Waals surface area contributed by atoms with Crippen molar-refractivity contribution in [1.82, 2.24) is 15.5 Å². The molecule has 2 aliphatic heterocycles. The second kappa shape index (κ2) is 13.5. The third-order valence-corrected chi connectivity index (χ3v) is 7.17. The number of carbonyl (C=O) groups is 4. The molecule has 0 aliphatic carbocycles. The standard InChI is InChI=1S/C31H37N3O7/c1-5-14-39-27-19(2)15-23(16-20(27)3)28(36)32-21(4)30(38)34-13-9-12-25(34)29(37)33-24-17-26(35)41-31(24)40-18-22-10-7-6-8-11-22/h5-8,10-11,15-16,21,24-25,31H,1,9,12-14,17-18H2,2-4H3,(H,32,36)(H,33,37)/t21-,24?,25-,31?/m0/s1. The van der Waals surface area contributed by atoms with Crippen LogP contribution in [0.4, 0.5) is 0 Å². The minimum Gasteiger partial charge on any atom is -0.489 e. The van der Waals surface area contributed by atoms with Gasteiger partial charge in [-0.25, -0.2) is 0 Å². The highest BCUT2D eigenvalue weighted by atomic mass is 16.7. The highest BCUT2D eigenvalue weighted by molar-refractivity contribution is 5.99. The Labute approximate surface area is 240 Å². The van der Waals surface area contributed by atoms with Gasteiger partial charge in [-0.3, -0.25) is 19.2 Å². The molecule has 10 heteroatoms. The number of hydrogen-bond donors (Lipinski definition) is 2. The predicted octanol–water partition coefficient (Wildman–Crippen LogP) is 2.95. The van der Waals surface area contributed by atoms with Gasteiger partial charge >= 0.3 is 5.97 Å². The van der Waals surface area contributed by atoms with Crippen molar-refractivity contribution in [2.75, 3.05) is 13.2 Å². The number of ether oxygens (including phenoxy) is 3. The monoisotopic (exact) mass is 563 g/mol. The third-order valence-electron chi connectivity index (χ3n) is 7.17. The minimum absolute atomic E-state index is 0.0193. The Hall–Kier alpha value is -4.18. The van der Waals surface area contributed by atoms with Crippen LogP contribution in [0.5, 0.6) is 5.75 Å². The number of nitrogens with one attached hydrogen (secondary N) is 2. The molecule has 2 unspecified atom stereocenters. The molecule has 0 spiro atoms. The van der Waals surface area contributed by atoms with Gasteiger partial charge in [0.2, 0.25) is 18.1 Å². The summed E-state index contributed by atoms with van der Waals surface area (Å²) in [5, 5.41) is 5.62. The normalized spacial score (nSPS) is 20.7. The lowest BCUT2D eigenvalue weighted by molar-refractivity contribution is -0.168. The van der Waals surface area contributed by atoms with E-state index in [0.29, 0.717) is 37.3 Å². The summed E-state index contributed by atoms with van der Waals surface area (Å²) < 4.78 is 16.7. The van der Waals surface area contributed by atoms with Crippen molar-refractivity contribution in [3.63, 3.8) is 0 Å². The quantitative estimate of drug-likeness (QED) is 0.318. The highest BCUT2D eigenvalue weighted by Crippen LogP contribution is 2.26. The summed E-state index contributed by atoms with van der Waals surface area (Å²) in [6.45, 7) is 9.93. The van der Waals surface area contributed by atoms with Crippen molar-refractivity contribution in [2.45, 2.75) is 71.1 Å². The van der Waals surface area contributed by atoms with E-state index in [1.54, 1.807) is 25.1 Å². The summed E-state index contributed by atoms with van der Waals surface area (Å²) in [5.41, 5.74) is 2.92. The van der Waals surface area contributed by atoms with Crippen LogP contribution < -0.4 is 15.4 Å². The van der Waals surface area contributed by atoms with E-state index in [1.165, 1.54) is 4.90 Å². The Bertz CT molecular complexity index is 1270. The van der Waals surface area contributed by atoms with E-state index in [-0.39, 0.29) is 24.8 Å². The molecule has 2 fully saturated rings. The zero-order valence-corrected chi connectivity index (χ0v) is 23.7. The predicted molar refractivity (Wildman–Crippen MR) is 151 cm³/mol. The van der Waals surface area contributed by atoms with Crippen molar-refractivity contribution in [3.05, 3.63) is 77.4 Å². The Morgan fingerprint density at radius 1 is 1.17 bits per heavy atom. The fraction of sp³-hybridized carbons (Fsp3) is 0.419. The van der Waals surface area contributed by atoms with Crippen LogP contribution in [-0.2, 0) is 30.5 Å². The molecule has 3 amide bonds. The lowest BCUT2D eigenvalue weighted by Crippen LogP contribution is -2.54. The smallest absolute Gasteiger partial charge is 0.310 e. The van der Waals surface area contributed by atoms with Gasteiger partial charge in [-0.05, 0) is 62.4 Å². The van der Waals surface area contributed by atoms with Crippen LogP contribution in [0.1, 0.15) is 53.2 Å². The van der Waals surface area contributed by atoms with E-state index in [4.69, 9.17) is 14.2 Å². The van der Waals surface area contributed by atoms with Crippen molar-refractivity contribution < 1.29 is 33.4 Å². The fourth-order valence-corrected chi connectivity index (χ4v) is 5.18. The summed E-state index contributed by atoms with van der Waals surface area (Å²) in [7, 11) is 0. The van der Waals surface area contributed by atoms with Gasteiger partial charge in [-0.2, -0.15) is 0 Å². The molecular formula is C31H37N3O7. The average Bonchev–Trinajstić information content (AvgIpc) is 3.58. The van der Waals surface area contributed by atoms with Crippen LogP contribution in [0.25, 0.3) is 0 Å². The summed E-state index contributed by atoms with van der Waals surface area (Å²) in [6, 6.07) is 10.6. The zero-order valence-electron chi connectivity index (χ0n) is 23.7. The first kappa shape index (κ1) is 29.8. The maximum Gasteiger partial charge on any atom is 0.310 e. The summed E-state index contributed by atoms with van der Waals surface area (Å²) in [4.78, 5) is 53.1. The van der Waals surface area contributed by atoms with E-state index in [2.05, 4.69) is 17.2 Å². The number of amides is 3. The maximum absolute atomic E-state index is 13.3. The number of esters is 1. The first-order valence-corrected chi connectivity index (χ1v) is 13.8. The average molecular weight is 564 g/mol. The van der Waals surface area contributed by atoms with Gasteiger partial charge in [0.1, 0.15) is 30.5 Å². The number of nitrogens with zero attached hydrogens (tertiary/aromatic N) is 1. The van der Waals surface area contributed by atoms with Crippen LogP contribution in [-0.4, -0.2) is 66.2 Å². The van der Waals surface area contributed by atoms with Crippen molar-refractivity contribution in [1.29, 1.82) is 0 Å². The van der Waals surface area contributed by atoms with Gasteiger partial charge in [-0.1, -0.05) is 43.0 Å². The molecular weight excluding hydrogens is 526 g/mol. The summed E-state index contributed by atoms with van der Waals surface area (Å²) in [5.74, 6) is -0.903. The maximum atomic E-state index is 13.3. The Kier molecular flexibility index (Phi) is 9.78. The third kappa shape index (κ3) is 7.32. The highest BCUT2D eigenvalue weighted by Gasteiger charge is 2.41. The summed E-state index contributed by atoms with van der Waals surface area (Å²) >= 11 is 0. The van der Waals surface area contributed by atoms with Gasteiger partial charge in [0.05, 0.1) is 13.0 Å². The molecule has 0 saturated carbocycles.